The van der Waals surface area contributed by atoms with Crippen molar-refractivity contribution in [3.63, 3.8) is 0 Å². The van der Waals surface area contributed by atoms with Crippen LogP contribution in [0.5, 0.6) is 11.6 Å². The summed E-state index contributed by atoms with van der Waals surface area (Å²) in [6.45, 7) is 11.4. The van der Waals surface area contributed by atoms with Crippen LogP contribution in [0.1, 0.15) is 114 Å². The fourth-order valence-corrected chi connectivity index (χ4v) is 10.2. The van der Waals surface area contributed by atoms with Crippen LogP contribution in [0.2, 0.25) is 0 Å². The zero-order valence-electron chi connectivity index (χ0n) is 38.3. The highest BCUT2D eigenvalue weighted by Crippen LogP contribution is 2.35. The molecule has 0 radical (unpaired) electrons. The number of nitrogen functional groups attached to an aromatic ring is 1. The van der Waals surface area contributed by atoms with Crippen molar-refractivity contribution in [2.45, 2.75) is 116 Å². The Balaban J connectivity index is 0.733. The van der Waals surface area contributed by atoms with Gasteiger partial charge in [-0.05, 0) is 86.5 Å². The van der Waals surface area contributed by atoms with Crippen molar-refractivity contribution in [1.82, 2.24) is 45.2 Å². The normalized spacial score (nSPS) is 18.0. The highest BCUT2D eigenvalue weighted by atomic mass is 32.1. The van der Waals surface area contributed by atoms with Crippen LogP contribution >= 0.6 is 11.3 Å². The number of rotatable bonds is 19. The first-order chi connectivity index (χ1) is 31.9. The Kier molecular flexibility index (Phi) is 14.9. The van der Waals surface area contributed by atoms with Crippen molar-refractivity contribution >= 4 is 40.0 Å². The lowest BCUT2D eigenvalue weighted by atomic mass is 9.91. The van der Waals surface area contributed by atoms with Crippen LogP contribution in [-0.4, -0.2) is 107 Å². The molecule has 0 saturated carbocycles. The molecule has 2 saturated heterocycles. The molecule has 6 heterocycles. The van der Waals surface area contributed by atoms with E-state index >= 15 is 0 Å². The number of amides is 2. The number of phenolic OH excluding ortho intramolecular Hbond substituents is 1. The molecule has 0 spiro atoms. The Morgan fingerprint density at radius 1 is 0.985 bits per heavy atom. The van der Waals surface area contributed by atoms with Crippen LogP contribution in [0.15, 0.2) is 70.7 Å². The molecule has 2 aliphatic heterocycles. The average Bonchev–Trinajstić information content (AvgIpc) is 4.13. The minimum atomic E-state index is -0.813. The molecular formula is C49H62N10O6S. The number of ether oxygens (including phenoxy) is 1. The Labute approximate surface area is 389 Å². The van der Waals surface area contributed by atoms with E-state index in [1.165, 1.54) is 11.3 Å². The summed E-state index contributed by atoms with van der Waals surface area (Å²) < 4.78 is 13.6. The second kappa shape index (κ2) is 21.2. The average molecular weight is 919 g/mol. The number of unbranched alkanes of at least 4 members (excludes halogenated alkanes) is 5. The van der Waals surface area contributed by atoms with E-state index in [1.54, 1.807) is 29.5 Å². The summed E-state index contributed by atoms with van der Waals surface area (Å²) in [4.78, 5) is 37.3. The lowest BCUT2D eigenvalue weighted by molar-refractivity contribution is -0.141. The van der Waals surface area contributed by atoms with Crippen LogP contribution in [0.3, 0.4) is 0 Å². The SMILES string of the molecule is Cc1ncsc1-c1ccc(C(C)NC(=O)[C@@H]2C[C@@H](O)CN2C(=O)C(c2cc(OCCCCCCCCN3CCC(n4nc(N)c5nnc(-c6ccccc6O)cc54)CC3)no2)C(C)C)cc1. The molecule has 0 bridgehead atoms. The molecular weight excluding hydrogens is 857 g/mol. The first-order valence-electron chi connectivity index (χ1n) is 23.4. The number of aromatic nitrogens is 6. The fraction of sp³-hybridized carbons (Fsp3) is 0.490. The Morgan fingerprint density at radius 2 is 1.73 bits per heavy atom. The fourth-order valence-electron chi connectivity index (χ4n) is 9.37. The predicted molar refractivity (Wildman–Crippen MR) is 254 cm³/mol. The zero-order chi connectivity index (χ0) is 46.3. The zero-order valence-corrected chi connectivity index (χ0v) is 39.1. The Morgan fingerprint density at radius 3 is 2.45 bits per heavy atom. The van der Waals surface area contributed by atoms with Crippen molar-refractivity contribution in [2.75, 3.05) is 38.5 Å². The maximum absolute atomic E-state index is 14.1. The third kappa shape index (κ3) is 10.7. The molecule has 17 heteroatoms. The van der Waals surface area contributed by atoms with E-state index in [1.807, 2.05) is 80.4 Å². The molecule has 2 aromatic carbocycles. The van der Waals surface area contributed by atoms with E-state index < -0.39 is 18.1 Å². The van der Waals surface area contributed by atoms with Gasteiger partial charge < -0.3 is 40.3 Å². The lowest BCUT2D eigenvalue weighted by Gasteiger charge is -2.32. The number of aliphatic hydroxyl groups is 1. The third-order valence-corrected chi connectivity index (χ3v) is 14.0. The molecule has 5 N–H and O–H groups in total. The van der Waals surface area contributed by atoms with Crippen LogP contribution in [-0.2, 0) is 9.59 Å². The number of β-amino-alcohol motifs (C(OH)–C–C–N with tert-alkyl or cyclic N) is 1. The maximum atomic E-state index is 14.1. The van der Waals surface area contributed by atoms with Gasteiger partial charge in [0, 0.05) is 37.7 Å². The highest BCUT2D eigenvalue weighted by molar-refractivity contribution is 7.13. The van der Waals surface area contributed by atoms with Gasteiger partial charge in [0.25, 0.3) is 5.88 Å². The summed E-state index contributed by atoms with van der Waals surface area (Å²) in [6.07, 6.45) is 7.81. The van der Waals surface area contributed by atoms with Gasteiger partial charge in [-0.15, -0.1) is 21.5 Å². The number of nitrogens with one attached hydrogen (secondary N) is 1. The van der Waals surface area contributed by atoms with Gasteiger partial charge in [0.15, 0.2) is 17.1 Å². The first-order valence-corrected chi connectivity index (χ1v) is 24.2. The predicted octanol–water partition coefficient (Wildman–Crippen LogP) is 7.84. The van der Waals surface area contributed by atoms with Gasteiger partial charge in [0.05, 0.1) is 52.1 Å². The van der Waals surface area contributed by atoms with Crippen molar-refractivity contribution in [3.8, 4) is 33.3 Å². The number of benzene rings is 2. The molecule has 2 aliphatic rings. The van der Waals surface area contributed by atoms with Crippen LogP contribution in [0.25, 0.3) is 32.7 Å². The van der Waals surface area contributed by atoms with Crippen molar-refractivity contribution in [1.29, 1.82) is 0 Å². The van der Waals surface area contributed by atoms with Gasteiger partial charge in [-0.1, -0.05) is 75.9 Å². The molecule has 8 rings (SSSR count). The molecule has 2 amide bonds. The number of piperidine rings is 1. The number of para-hydroxylation sites is 1. The number of aliphatic hydroxyl groups excluding tert-OH is 1. The quantitative estimate of drug-likeness (QED) is 0.0572. The van der Waals surface area contributed by atoms with Gasteiger partial charge in [0.2, 0.25) is 11.8 Å². The van der Waals surface area contributed by atoms with E-state index in [9.17, 15) is 19.8 Å². The summed E-state index contributed by atoms with van der Waals surface area (Å²) in [6, 6.07) is 17.9. The largest absolute Gasteiger partial charge is 0.507 e. The number of phenols is 1. The van der Waals surface area contributed by atoms with E-state index in [0.29, 0.717) is 40.8 Å². The third-order valence-electron chi connectivity index (χ3n) is 13.1. The summed E-state index contributed by atoms with van der Waals surface area (Å²) in [5.41, 5.74) is 13.7. The van der Waals surface area contributed by atoms with E-state index in [2.05, 4.69) is 35.7 Å². The minimum Gasteiger partial charge on any atom is -0.507 e. The molecule has 0 aliphatic carbocycles. The number of hydrogen-bond acceptors (Lipinski definition) is 14. The van der Waals surface area contributed by atoms with Crippen LogP contribution < -0.4 is 15.8 Å². The monoisotopic (exact) mass is 918 g/mol. The number of aromatic hydroxyl groups is 1. The van der Waals surface area contributed by atoms with Crippen molar-refractivity contribution in [2.24, 2.45) is 5.92 Å². The summed E-state index contributed by atoms with van der Waals surface area (Å²) in [7, 11) is 0. The molecule has 350 valence electrons. The number of thiazole rings is 1. The highest BCUT2D eigenvalue weighted by Gasteiger charge is 2.43. The Bertz CT molecular complexity index is 2570. The maximum Gasteiger partial charge on any atom is 0.254 e. The minimum absolute atomic E-state index is 0.0656. The molecule has 2 fully saturated rings. The Hall–Kier alpha value is -5.91. The number of fused-ring (bicyclic) bond motifs is 1. The number of nitrogens with zero attached hydrogens (tertiary/aromatic N) is 8. The number of carbonyl (C=O) groups excluding carboxylic acids is 2. The summed E-state index contributed by atoms with van der Waals surface area (Å²) >= 11 is 1.59. The van der Waals surface area contributed by atoms with E-state index in [4.69, 9.17) is 15.0 Å². The number of carbonyl (C=O) groups is 2. The molecule has 4 aromatic heterocycles. The second-order valence-corrected chi connectivity index (χ2v) is 19.0. The summed E-state index contributed by atoms with van der Waals surface area (Å²) in [5.74, 6) is -0.189. The van der Waals surface area contributed by atoms with Gasteiger partial charge in [-0.3, -0.25) is 14.3 Å². The van der Waals surface area contributed by atoms with Gasteiger partial charge in [0.1, 0.15) is 17.7 Å². The number of likely N-dealkylation sites (tertiary alicyclic amines) is 2. The van der Waals surface area contributed by atoms with Crippen LogP contribution in [0, 0.1) is 12.8 Å². The summed E-state index contributed by atoms with van der Waals surface area (Å²) in [5, 5.41) is 41.6. The van der Waals surface area contributed by atoms with Gasteiger partial charge >= 0.3 is 0 Å². The molecule has 66 heavy (non-hydrogen) atoms. The van der Waals surface area contributed by atoms with Crippen LogP contribution in [0.4, 0.5) is 5.82 Å². The number of anilines is 1. The topological polar surface area (TPSA) is 211 Å². The number of aryl methyl sites for hydroxylation is 1. The van der Waals surface area contributed by atoms with E-state index in [-0.39, 0.29) is 48.5 Å². The molecule has 16 nitrogen and oxygen atoms in total. The van der Waals surface area contributed by atoms with Gasteiger partial charge in [-0.2, -0.15) is 5.10 Å². The smallest absolute Gasteiger partial charge is 0.254 e. The molecule has 4 atom stereocenters. The number of nitrogens with two attached hydrogens (primary N) is 1. The van der Waals surface area contributed by atoms with Crippen molar-refractivity contribution < 1.29 is 29.1 Å². The van der Waals surface area contributed by atoms with E-state index in [0.717, 1.165) is 91.8 Å². The molecule has 6 aromatic rings. The van der Waals surface area contributed by atoms with Gasteiger partial charge in [-0.25, -0.2) is 4.98 Å². The standard InChI is InChI=1S/C49H62N10O6S/c1-30(2)44(49(63)58-28-36(60)25-40(58)48(62)52-31(3)33-15-17-34(18-16-33)46-32(4)51-29-66-46)42-27-43(56-65-42)64-24-12-8-6-5-7-11-21-57-22-19-35(20-23-57)59-39-26-38(37-13-9-10-14-41(37)61)53-54-45(39)47(50)55-59/h9-10,13-18,26-27,29-31,35-36,40,44,60-61H,5-8,11-12,19-25,28H2,1-4H3,(H2,50,55)(H,52,62)/t31?,36-,40+,44?/m1/s1. The molecule has 2 unspecified atom stereocenters. The lowest BCUT2D eigenvalue weighted by Crippen LogP contribution is -2.48. The first kappa shape index (κ1) is 46.6. The second-order valence-electron chi connectivity index (χ2n) is 18.2. The van der Waals surface area contributed by atoms with Crippen molar-refractivity contribution in [3.05, 3.63) is 83.2 Å². The number of hydrogen-bond donors (Lipinski definition) is 4.